The van der Waals surface area contributed by atoms with Crippen molar-refractivity contribution in [3.8, 4) is 0 Å². The van der Waals surface area contributed by atoms with Gasteiger partial charge in [-0.2, -0.15) is 0 Å². The number of nitrogens with zero attached hydrogens (tertiary/aromatic N) is 2. The Morgan fingerprint density at radius 1 is 1.15 bits per heavy atom. The minimum absolute atomic E-state index is 0.0566. The maximum absolute atomic E-state index is 13.5. The quantitative estimate of drug-likeness (QED) is 0.505. The van der Waals surface area contributed by atoms with Gasteiger partial charge in [0.05, 0.1) is 23.7 Å². The van der Waals surface area contributed by atoms with E-state index in [1.165, 1.54) is 11.8 Å². The number of nitrogens with one attached hydrogen (secondary N) is 2. The fourth-order valence-corrected chi connectivity index (χ4v) is 5.02. The van der Waals surface area contributed by atoms with Crippen molar-refractivity contribution in [3.05, 3.63) is 87.6 Å². The van der Waals surface area contributed by atoms with Gasteiger partial charge in [-0.25, -0.2) is 4.99 Å². The van der Waals surface area contributed by atoms with Gasteiger partial charge < -0.3 is 15.5 Å². The van der Waals surface area contributed by atoms with Gasteiger partial charge in [-0.3, -0.25) is 9.59 Å². The summed E-state index contributed by atoms with van der Waals surface area (Å²) in [6, 6.07) is 16.5. The van der Waals surface area contributed by atoms with Gasteiger partial charge in [0.25, 0.3) is 5.91 Å². The van der Waals surface area contributed by atoms with E-state index in [1.54, 1.807) is 0 Å². The number of halogens is 1. The number of benzene rings is 2. The Labute approximate surface area is 209 Å². The van der Waals surface area contributed by atoms with Crippen LogP contribution in [0.15, 0.2) is 82.0 Å². The number of allylic oxidation sites excluding steroid dienone is 1. The van der Waals surface area contributed by atoms with Crippen LogP contribution in [0.2, 0.25) is 5.02 Å². The highest BCUT2D eigenvalue weighted by Gasteiger charge is 2.40. The molecule has 34 heavy (non-hydrogen) atoms. The molecule has 2 aromatic rings. The third-order valence-corrected chi connectivity index (χ3v) is 6.96. The van der Waals surface area contributed by atoms with E-state index in [4.69, 9.17) is 16.6 Å². The molecule has 0 saturated carbocycles. The van der Waals surface area contributed by atoms with Crippen LogP contribution in [0.4, 0.5) is 5.69 Å². The number of hydrogen-bond donors (Lipinski definition) is 2. The van der Waals surface area contributed by atoms with Crippen LogP contribution in [0.1, 0.15) is 45.2 Å². The molecule has 0 aliphatic carbocycles. The molecular weight excluding hydrogens is 468 g/mol. The monoisotopic (exact) mass is 494 g/mol. The zero-order valence-corrected chi connectivity index (χ0v) is 20.9. The molecular formula is C26H27ClN4O2S. The predicted octanol–water partition coefficient (Wildman–Crippen LogP) is 5.86. The summed E-state index contributed by atoms with van der Waals surface area (Å²) in [5.41, 5.74) is 3.58. The highest BCUT2D eigenvalue weighted by atomic mass is 35.5. The predicted molar refractivity (Wildman–Crippen MR) is 139 cm³/mol. The number of para-hydroxylation sites is 1. The molecule has 0 aromatic heterocycles. The lowest BCUT2D eigenvalue weighted by Crippen LogP contribution is -2.39. The Kier molecular flexibility index (Phi) is 7.44. The lowest BCUT2D eigenvalue weighted by Gasteiger charge is -2.36. The molecule has 6 nitrogen and oxygen atoms in total. The van der Waals surface area contributed by atoms with Gasteiger partial charge in [-0.1, -0.05) is 60.6 Å². The zero-order chi connectivity index (χ0) is 24.2. The number of amidine groups is 1. The average Bonchev–Trinajstić information content (AvgIpc) is 3.20. The highest BCUT2D eigenvalue weighted by Crippen LogP contribution is 2.44. The van der Waals surface area contributed by atoms with Crippen LogP contribution < -0.4 is 10.6 Å². The van der Waals surface area contributed by atoms with Crippen LogP contribution in [-0.2, 0) is 9.59 Å². The smallest absolute Gasteiger partial charge is 0.255 e. The third kappa shape index (κ3) is 5.21. The maximum atomic E-state index is 13.5. The molecule has 0 spiro atoms. The van der Waals surface area contributed by atoms with Gasteiger partial charge >= 0.3 is 0 Å². The van der Waals surface area contributed by atoms with Crippen molar-refractivity contribution in [1.29, 1.82) is 0 Å². The first-order valence-corrected chi connectivity index (χ1v) is 12.5. The molecule has 2 atom stereocenters. The SMILES string of the molecule is CC[C@H](C)NC(=O)CC1=CSC2=NC(C)=C(C(=O)Nc3ccccc3)[C@H](c3ccc(Cl)cc3)N12. The summed E-state index contributed by atoms with van der Waals surface area (Å²) in [6.07, 6.45) is 1.06. The molecule has 0 saturated heterocycles. The molecule has 2 heterocycles. The largest absolute Gasteiger partial charge is 0.353 e. The van der Waals surface area contributed by atoms with E-state index in [0.29, 0.717) is 22.0 Å². The molecule has 2 amide bonds. The van der Waals surface area contributed by atoms with E-state index in [2.05, 4.69) is 10.6 Å². The maximum Gasteiger partial charge on any atom is 0.255 e. The number of carbonyl (C=O) groups is 2. The molecule has 0 unspecified atom stereocenters. The lowest BCUT2D eigenvalue weighted by atomic mass is 9.93. The number of anilines is 1. The first-order valence-electron chi connectivity index (χ1n) is 11.2. The van der Waals surface area contributed by atoms with Gasteiger partial charge in [0, 0.05) is 22.4 Å². The Hall–Kier alpha value is -3.03. The van der Waals surface area contributed by atoms with E-state index >= 15 is 0 Å². The third-order valence-electron chi connectivity index (χ3n) is 5.82. The molecule has 0 fully saturated rings. The summed E-state index contributed by atoms with van der Waals surface area (Å²) in [5, 5.41) is 9.34. The van der Waals surface area contributed by atoms with Crippen molar-refractivity contribution in [2.75, 3.05) is 5.32 Å². The van der Waals surface area contributed by atoms with Crippen LogP contribution in [0.3, 0.4) is 0 Å². The second-order valence-electron chi connectivity index (χ2n) is 8.32. The average molecular weight is 495 g/mol. The second kappa shape index (κ2) is 10.5. The topological polar surface area (TPSA) is 73.8 Å². The van der Waals surface area contributed by atoms with Crippen molar-refractivity contribution in [3.63, 3.8) is 0 Å². The van der Waals surface area contributed by atoms with Crippen molar-refractivity contribution in [1.82, 2.24) is 10.2 Å². The van der Waals surface area contributed by atoms with Crippen molar-refractivity contribution < 1.29 is 9.59 Å². The number of hydrogen-bond acceptors (Lipinski definition) is 5. The van der Waals surface area contributed by atoms with Crippen LogP contribution in [-0.4, -0.2) is 27.9 Å². The standard InChI is InChI=1S/C26H27ClN4O2S/c1-4-16(2)28-22(32)14-21-15-34-26-29-17(3)23(25(33)30-20-8-6-5-7-9-20)24(31(21)26)18-10-12-19(27)13-11-18/h5-13,15-16,24H,4,14H2,1-3H3,(H,28,32)(H,30,33)/t16-,24-/m0/s1. The molecule has 2 N–H and O–H groups in total. The first kappa shape index (κ1) is 24.1. The van der Waals surface area contributed by atoms with Gasteiger partial charge in [0.1, 0.15) is 0 Å². The van der Waals surface area contributed by atoms with Gasteiger partial charge in [0.15, 0.2) is 5.17 Å². The fourth-order valence-electron chi connectivity index (χ4n) is 3.93. The van der Waals surface area contributed by atoms with Crippen molar-refractivity contribution in [2.45, 2.75) is 45.7 Å². The van der Waals surface area contributed by atoms with Crippen molar-refractivity contribution >= 4 is 46.0 Å². The molecule has 0 radical (unpaired) electrons. The van der Waals surface area contributed by atoms with E-state index in [0.717, 1.165) is 22.8 Å². The molecule has 176 valence electrons. The molecule has 2 aliphatic rings. The van der Waals surface area contributed by atoms with E-state index in [1.807, 2.05) is 85.7 Å². The number of aliphatic imine (C=N–C) groups is 1. The molecule has 2 aromatic carbocycles. The molecule has 4 rings (SSSR count). The Bertz CT molecular complexity index is 1180. The van der Waals surface area contributed by atoms with Gasteiger partial charge in [-0.15, -0.1) is 0 Å². The summed E-state index contributed by atoms with van der Waals surface area (Å²) in [6.45, 7) is 5.87. The summed E-state index contributed by atoms with van der Waals surface area (Å²) in [7, 11) is 0. The van der Waals surface area contributed by atoms with E-state index in [9.17, 15) is 9.59 Å². The van der Waals surface area contributed by atoms with Gasteiger partial charge in [-0.05, 0) is 55.5 Å². The lowest BCUT2D eigenvalue weighted by molar-refractivity contribution is -0.121. The Morgan fingerprint density at radius 2 is 1.85 bits per heavy atom. The zero-order valence-electron chi connectivity index (χ0n) is 19.3. The highest BCUT2D eigenvalue weighted by molar-refractivity contribution is 8.16. The van der Waals surface area contributed by atoms with Crippen molar-refractivity contribution in [2.24, 2.45) is 4.99 Å². The van der Waals surface area contributed by atoms with E-state index < -0.39 is 6.04 Å². The normalized spacial score (nSPS) is 18.1. The number of amides is 2. The van der Waals surface area contributed by atoms with Gasteiger partial charge in [0.2, 0.25) is 5.91 Å². The van der Waals surface area contributed by atoms with E-state index in [-0.39, 0.29) is 24.3 Å². The Morgan fingerprint density at radius 3 is 2.53 bits per heavy atom. The Balaban J connectivity index is 1.70. The minimum Gasteiger partial charge on any atom is -0.353 e. The molecule has 8 heteroatoms. The summed E-state index contributed by atoms with van der Waals surface area (Å²) in [4.78, 5) is 33.0. The summed E-state index contributed by atoms with van der Waals surface area (Å²) in [5.74, 6) is -0.286. The van der Waals surface area contributed by atoms with Crippen LogP contribution in [0.5, 0.6) is 0 Å². The second-order valence-corrected chi connectivity index (χ2v) is 9.59. The van der Waals surface area contributed by atoms with Crippen LogP contribution in [0.25, 0.3) is 0 Å². The molecule has 0 bridgehead atoms. The summed E-state index contributed by atoms with van der Waals surface area (Å²) >= 11 is 7.63. The number of rotatable bonds is 7. The molecule has 2 aliphatic heterocycles. The van der Waals surface area contributed by atoms with Crippen LogP contribution >= 0.6 is 23.4 Å². The number of carbonyl (C=O) groups excluding carboxylic acids is 2. The number of thioether (sulfide) groups is 1. The minimum atomic E-state index is -0.439. The fraction of sp³-hybridized carbons (Fsp3) is 0.269. The number of fused-ring (bicyclic) bond motifs is 1. The summed E-state index contributed by atoms with van der Waals surface area (Å²) < 4.78 is 0. The first-order chi connectivity index (χ1) is 16.4. The van der Waals surface area contributed by atoms with Crippen LogP contribution in [0, 0.1) is 0 Å².